The number of methoxy groups -OCH3 is 1. The van der Waals surface area contributed by atoms with Crippen LogP contribution < -0.4 is 10.1 Å². The SMILES string of the molecule is COc1ccc(Nc2ccc(-c3ccc(I)cc3)cc2)cc1. The highest BCUT2D eigenvalue weighted by Gasteiger charge is 1.99. The van der Waals surface area contributed by atoms with Crippen molar-refractivity contribution in [2.45, 2.75) is 0 Å². The second kappa shape index (κ2) is 6.83. The Morgan fingerprint density at radius 1 is 0.682 bits per heavy atom. The Labute approximate surface area is 144 Å². The number of halogens is 1. The molecule has 0 saturated heterocycles. The standard InChI is InChI=1S/C19H16INO/c1-22-19-12-10-18(11-13-19)21-17-8-4-15(5-9-17)14-2-6-16(20)7-3-14/h2-13,21H,1H3. The van der Waals surface area contributed by atoms with Gasteiger partial charge in [0.25, 0.3) is 0 Å². The minimum absolute atomic E-state index is 0.861. The smallest absolute Gasteiger partial charge is 0.119 e. The fourth-order valence-electron chi connectivity index (χ4n) is 2.23. The van der Waals surface area contributed by atoms with Crippen LogP contribution in [-0.4, -0.2) is 7.11 Å². The Bertz CT molecular complexity index is 734. The highest BCUT2D eigenvalue weighted by atomic mass is 127. The lowest BCUT2D eigenvalue weighted by atomic mass is 10.1. The van der Waals surface area contributed by atoms with Gasteiger partial charge in [0, 0.05) is 14.9 Å². The molecule has 0 saturated carbocycles. The van der Waals surface area contributed by atoms with Gasteiger partial charge in [0.05, 0.1) is 7.11 Å². The first-order valence-corrected chi connectivity index (χ1v) is 8.09. The highest BCUT2D eigenvalue weighted by Crippen LogP contribution is 2.24. The first-order valence-electron chi connectivity index (χ1n) is 7.02. The molecule has 3 heteroatoms. The van der Waals surface area contributed by atoms with Gasteiger partial charge in [-0.3, -0.25) is 0 Å². The van der Waals surface area contributed by atoms with Crippen molar-refractivity contribution in [1.29, 1.82) is 0 Å². The number of rotatable bonds is 4. The molecule has 3 aromatic rings. The average Bonchev–Trinajstić information content (AvgIpc) is 2.57. The van der Waals surface area contributed by atoms with Crippen LogP contribution in [0.5, 0.6) is 5.75 Å². The molecule has 22 heavy (non-hydrogen) atoms. The molecule has 2 nitrogen and oxygen atoms in total. The van der Waals surface area contributed by atoms with Crippen LogP contribution in [-0.2, 0) is 0 Å². The molecular formula is C19H16INO. The molecule has 0 aromatic heterocycles. The van der Waals surface area contributed by atoms with Crippen molar-refractivity contribution in [1.82, 2.24) is 0 Å². The molecule has 0 aliphatic rings. The van der Waals surface area contributed by atoms with Gasteiger partial charge in [-0.2, -0.15) is 0 Å². The summed E-state index contributed by atoms with van der Waals surface area (Å²) in [6.07, 6.45) is 0. The predicted molar refractivity (Wildman–Crippen MR) is 101 cm³/mol. The molecule has 3 aromatic carbocycles. The topological polar surface area (TPSA) is 21.3 Å². The number of anilines is 2. The van der Waals surface area contributed by atoms with E-state index in [1.54, 1.807) is 7.11 Å². The summed E-state index contributed by atoms with van der Waals surface area (Å²) in [5.41, 5.74) is 4.57. The van der Waals surface area contributed by atoms with Crippen LogP contribution in [0, 0.1) is 3.57 Å². The summed E-state index contributed by atoms with van der Waals surface area (Å²) < 4.78 is 6.41. The lowest BCUT2D eigenvalue weighted by Crippen LogP contribution is -1.90. The van der Waals surface area contributed by atoms with Crippen LogP contribution in [0.2, 0.25) is 0 Å². The monoisotopic (exact) mass is 401 g/mol. The molecule has 0 aliphatic carbocycles. The Hall–Kier alpha value is -2.01. The average molecular weight is 401 g/mol. The molecule has 110 valence electrons. The third-order valence-electron chi connectivity index (χ3n) is 3.44. The van der Waals surface area contributed by atoms with Gasteiger partial charge in [-0.1, -0.05) is 24.3 Å². The number of benzene rings is 3. The summed E-state index contributed by atoms with van der Waals surface area (Å²) >= 11 is 2.32. The van der Waals surface area contributed by atoms with Gasteiger partial charge in [-0.15, -0.1) is 0 Å². The summed E-state index contributed by atoms with van der Waals surface area (Å²) in [6, 6.07) is 24.9. The Morgan fingerprint density at radius 2 is 1.14 bits per heavy atom. The molecule has 0 fully saturated rings. The van der Waals surface area contributed by atoms with Crippen molar-refractivity contribution < 1.29 is 4.74 Å². The zero-order valence-corrected chi connectivity index (χ0v) is 14.4. The van der Waals surface area contributed by atoms with Gasteiger partial charge < -0.3 is 10.1 Å². The molecule has 0 radical (unpaired) electrons. The molecular weight excluding hydrogens is 385 g/mol. The molecule has 0 unspecified atom stereocenters. The van der Waals surface area contributed by atoms with Crippen molar-refractivity contribution in [2.24, 2.45) is 0 Å². The van der Waals surface area contributed by atoms with E-state index in [0.29, 0.717) is 0 Å². The first kappa shape index (κ1) is 14.9. The van der Waals surface area contributed by atoms with E-state index < -0.39 is 0 Å². The second-order valence-electron chi connectivity index (χ2n) is 4.94. The Balaban J connectivity index is 1.74. The van der Waals surface area contributed by atoms with Gasteiger partial charge >= 0.3 is 0 Å². The molecule has 0 spiro atoms. The van der Waals surface area contributed by atoms with Gasteiger partial charge in [0.1, 0.15) is 5.75 Å². The molecule has 0 bridgehead atoms. The first-order chi connectivity index (χ1) is 10.7. The largest absolute Gasteiger partial charge is 0.497 e. The van der Waals surface area contributed by atoms with E-state index >= 15 is 0 Å². The number of nitrogens with one attached hydrogen (secondary N) is 1. The molecule has 0 aliphatic heterocycles. The maximum absolute atomic E-state index is 5.16. The maximum Gasteiger partial charge on any atom is 0.119 e. The molecule has 0 heterocycles. The Kier molecular flexibility index (Phi) is 4.63. The van der Waals surface area contributed by atoms with Crippen molar-refractivity contribution in [2.75, 3.05) is 12.4 Å². The van der Waals surface area contributed by atoms with Crippen LogP contribution in [0.15, 0.2) is 72.8 Å². The van der Waals surface area contributed by atoms with Gasteiger partial charge in [0.2, 0.25) is 0 Å². The minimum atomic E-state index is 0.861. The van der Waals surface area contributed by atoms with Gasteiger partial charge in [0.15, 0.2) is 0 Å². The summed E-state index contributed by atoms with van der Waals surface area (Å²) in [7, 11) is 1.67. The third-order valence-corrected chi connectivity index (χ3v) is 4.16. The van der Waals surface area contributed by atoms with Crippen LogP contribution in [0.4, 0.5) is 11.4 Å². The number of ether oxygens (including phenoxy) is 1. The van der Waals surface area contributed by atoms with Gasteiger partial charge in [-0.05, 0) is 82.2 Å². The minimum Gasteiger partial charge on any atom is -0.497 e. The van der Waals surface area contributed by atoms with E-state index in [2.05, 4.69) is 76.4 Å². The van der Waals surface area contributed by atoms with Crippen LogP contribution in [0.1, 0.15) is 0 Å². The summed E-state index contributed by atoms with van der Waals surface area (Å²) in [4.78, 5) is 0. The van der Waals surface area contributed by atoms with Crippen molar-refractivity contribution in [3.05, 3.63) is 76.4 Å². The normalized spacial score (nSPS) is 10.3. The lowest BCUT2D eigenvalue weighted by molar-refractivity contribution is 0.415. The van der Waals surface area contributed by atoms with Crippen LogP contribution >= 0.6 is 22.6 Å². The van der Waals surface area contributed by atoms with E-state index in [0.717, 1.165) is 17.1 Å². The molecule has 0 amide bonds. The van der Waals surface area contributed by atoms with E-state index in [9.17, 15) is 0 Å². The zero-order chi connectivity index (χ0) is 15.4. The Morgan fingerprint density at radius 3 is 1.64 bits per heavy atom. The summed E-state index contributed by atoms with van der Waals surface area (Å²) in [6.45, 7) is 0. The second-order valence-corrected chi connectivity index (χ2v) is 6.18. The third kappa shape index (κ3) is 3.60. The van der Waals surface area contributed by atoms with Crippen molar-refractivity contribution in [3.63, 3.8) is 0 Å². The quantitative estimate of drug-likeness (QED) is 0.566. The molecule has 1 N–H and O–H groups in total. The van der Waals surface area contributed by atoms with Crippen molar-refractivity contribution >= 4 is 34.0 Å². The van der Waals surface area contributed by atoms with Crippen molar-refractivity contribution in [3.8, 4) is 16.9 Å². The van der Waals surface area contributed by atoms with E-state index in [4.69, 9.17) is 4.74 Å². The van der Waals surface area contributed by atoms with Crippen LogP contribution in [0.25, 0.3) is 11.1 Å². The van der Waals surface area contributed by atoms with E-state index in [1.807, 2.05) is 24.3 Å². The highest BCUT2D eigenvalue weighted by molar-refractivity contribution is 14.1. The number of hydrogen-bond donors (Lipinski definition) is 1. The van der Waals surface area contributed by atoms with E-state index in [-0.39, 0.29) is 0 Å². The molecule has 0 atom stereocenters. The summed E-state index contributed by atoms with van der Waals surface area (Å²) in [5, 5.41) is 3.39. The molecule has 3 rings (SSSR count). The lowest BCUT2D eigenvalue weighted by Gasteiger charge is -2.09. The maximum atomic E-state index is 5.16. The predicted octanol–water partition coefficient (Wildman–Crippen LogP) is 5.71. The zero-order valence-electron chi connectivity index (χ0n) is 12.2. The van der Waals surface area contributed by atoms with Gasteiger partial charge in [-0.25, -0.2) is 0 Å². The number of hydrogen-bond acceptors (Lipinski definition) is 2. The fraction of sp³-hybridized carbons (Fsp3) is 0.0526. The fourth-order valence-corrected chi connectivity index (χ4v) is 2.59. The summed E-state index contributed by atoms with van der Waals surface area (Å²) in [5.74, 6) is 0.861. The van der Waals surface area contributed by atoms with Crippen LogP contribution in [0.3, 0.4) is 0 Å². The van der Waals surface area contributed by atoms with E-state index in [1.165, 1.54) is 14.7 Å².